The van der Waals surface area contributed by atoms with Crippen molar-refractivity contribution in [3.05, 3.63) is 71.9 Å². The largest absolute Gasteiger partial charge is 0.394 e. The Morgan fingerprint density at radius 3 is 1.67 bits per heavy atom. The molecule has 0 aliphatic carbocycles. The molecule has 5 rings (SSSR count). The van der Waals surface area contributed by atoms with E-state index >= 15 is 14.4 Å². The van der Waals surface area contributed by atoms with Gasteiger partial charge in [0.25, 0.3) is 0 Å². The summed E-state index contributed by atoms with van der Waals surface area (Å²) in [7, 11) is 0. The molecule has 0 saturated carbocycles. The highest BCUT2D eigenvalue weighted by Gasteiger charge is 2.44. The van der Waals surface area contributed by atoms with Crippen molar-refractivity contribution < 1.29 is 87.2 Å². The fourth-order valence-corrected chi connectivity index (χ4v) is 14.7. The van der Waals surface area contributed by atoms with Gasteiger partial charge in [0, 0.05) is 75.3 Å². The summed E-state index contributed by atoms with van der Waals surface area (Å²) < 4.78 is 0. The fraction of sp³-hybridized carbons (Fsp3) is 0.635. The average Bonchev–Trinajstić information content (AvgIpc) is 1.69. The van der Waals surface area contributed by atoms with Gasteiger partial charge in [0.15, 0.2) is 11.9 Å². The van der Waals surface area contributed by atoms with E-state index < -0.39 is 219 Å². The highest BCUT2D eigenvalue weighted by atomic mass is 16.3. The highest BCUT2D eigenvalue weighted by molar-refractivity contribution is 6.00. The number of aromatic nitrogens is 1. The van der Waals surface area contributed by atoms with Crippen LogP contribution in [0.1, 0.15) is 218 Å². The highest BCUT2D eigenvalue weighted by Crippen LogP contribution is 2.24. The molecule has 40 nitrogen and oxygen atoms in total. The number of rotatable bonds is 49. The molecule has 0 spiro atoms. The van der Waals surface area contributed by atoms with Crippen LogP contribution in [0, 0.1) is 10.8 Å². The molecule has 28 N–H and O–H groups in total. The number of nitrogens with zero attached hydrogens (tertiary/aromatic N) is 1. The van der Waals surface area contributed by atoms with Crippen molar-refractivity contribution in [3.8, 4) is 0 Å². The topological polar surface area (TPSA) is 656 Å². The van der Waals surface area contributed by atoms with E-state index in [0.29, 0.717) is 30.4 Å². The van der Waals surface area contributed by atoms with Gasteiger partial charge in [-0.1, -0.05) is 152 Å². The van der Waals surface area contributed by atoms with Gasteiger partial charge in [-0.25, -0.2) is 0 Å². The number of carbonyl (C=O) groups is 15. The van der Waals surface area contributed by atoms with Crippen LogP contribution in [0.5, 0.6) is 0 Å². The number of H-pyrrole nitrogens is 1. The molecule has 3 aromatic rings. The quantitative estimate of drug-likeness (QED) is 0.0171. The summed E-state index contributed by atoms with van der Waals surface area (Å²) in [6.45, 7) is 0.871. The predicted molar refractivity (Wildman–Crippen MR) is 466 cm³/mol. The normalized spacial score (nSPS) is 19.5. The van der Waals surface area contributed by atoms with Crippen LogP contribution in [0.15, 0.2) is 60.8 Å². The van der Waals surface area contributed by atoms with Gasteiger partial charge in [-0.2, -0.15) is 0 Å². The molecule has 0 radical (unpaired) electrons. The second kappa shape index (κ2) is 57.9. The summed E-state index contributed by atoms with van der Waals surface area (Å²) in [5.41, 5.74) is 24.3. The zero-order chi connectivity index (χ0) is 91.6. The number of ketones is 1. The van der Waals surface area contributed by atoms with E-state index in [0.717, 1.165) is 41.5 Å². The molecule has 2 aliphatic heterocycles. The maximum Gasteiger partial charge on any atom is 0.245 e. The molecule has 2 aliphatic rings. The van der Waals surface area contributed by atoms with Gasteiger partial charge >= 0.3 is 0 Å². The van der Waals surface area contributed by atoms with Gasteiger partial charge in [0.1, 0.15) is 72.2 Å². The van der Waals surface area contributed by atoms with Crippen LogP contribution in [0.4, 0.5) is 0 Å². The van der Waals surface area contributed by atoms with Gasteiger partial charge in [-0.05, 0) is 101 Å². The van der Waals surface area contributed by atoms with E-state index in [1.807, 2.05) is 12.1 Å². The smallest absolute Gasteiger partial charge is 0.245 e. The molecule has 1 aromatic heterocycles. The molecular formula is C85H136N22O18. The second-order valence-electron chi connectivity index (χ2n) is 32.1. The van der Waals surface area contributed by atoms with Crippen LogP contribution in [0.2, 0.25) is 0 Å². The Bertz CT molecular complexity index is 4000. The van der Waals surface area contributed by atoms with Gasteiger partial charge in [-0.15, -0.1) is 0 Å². The minimum absolute atomic E-state index is 0.0194. The summed E-state index contributed by atoms with van der Waals surface area (Å²) in [4.78, 5) is 216. The minimum Gasteiger partial charge on any atom is -0.394 e. The third-order valence-electron chi connectivity index (χ3n) is 21.8. The number of amides is 14. The summed E-state index contributed by atoms with van der Waals surface area (Å²) in [6.07, 6.45) is 13.6. The number of carbonyl (C=O) groups excluding carboxylic acids is 15. The lowest BCUT2D eigenvalue weighted by atomic mass is 10.0. The van der Waals surface area contributed by atoms with Gasteiger partial charge in [0.05, 0.1) is 32.4 Å². The lowest BCUT2D eigenvalue weighted by Crippen LogP contribution is -2.61. The lowest BCUT2D eigenvalue weighted by Gasteiger charge is -2.31. The van der Waals surface area contributed by atoms with E-state index in [2.05, 4.69) is 86.3 Å². The summed E-state index contributed by atoms with van der Waals surface area (Å²) in [6, 6.07) is -1.73. The molecule has 12 atom stereocenters. The van der Waals surface area contributed by atoms with Crippen LogP contribution in [-0.2, 0) is 84.8 Å². The number of nitrogens with two attached hydrogens (primary N) is 4. The molecular weight excluding hydrogens is 1620 g/mol. The maximum absolute atomic E-state index is 15.3. The first-order valence-electron chi connectivity index (χ1n) is 44.0. The Morgan fingerprint density at radius 2 is 1.06 bits per heavy atom. The van der Waals surface area contributed by atoms with Crippen molar-refractivity contribution in [2.45, 2.75) is 292 Å². The Hall–Kier alpha value is -11.4. The van der Waals surface area contributed by atoms with Crippen molar-refractivity contribution in [1.82, 2.24) is 84.3 Å². The minimum atomic E-state index is -1.89. The number of hydrogen-bond acceptors (Lipinski definition) is 21. The van der Waals surface area contributed by atoms with E-state index in [9.17, 15) is 72.9 Å². The zero-order valence-corrected chi connectivity index (χ0v) is 72.2. The molecule has 40 heteroatoms. The van der Waals surface area contributed by atoms with Crippen LogP contribution >= 0.6 is 0 Å². The Morgan fingerprint density at radius 1 is 0.528 bits per heavy atom. The lowest BCUT2D eigenvalue weighted by molar-refractivity contribution is -0.143. The molecule has 3 heterocycles. The number of para-hydroxylation sites is 1. The molecule has 125 heavy (non-hydrogen) atoms. The van der Waals surface area contributed by atoms with Gasteiger partial charge in [-0.3, -0.25) is 82.7 Å². The van der Waals surface area contributed by atoms with Crippen molar-refractivity contribution >= 4 is 111 Å². The van der Waals surface area contributed by atoms with Gasteiger partial charge < -0.3 is 123 Å². The average molecular weight is 1750 g/mol. The number of guanidine groups is 2. The maximum atomic E-state index is 15.3. The molecule has 2 unspecified atom stereocenters. The van der Waals surface area contributed by atoms with E-state index in [1.165, 1.54) is 51.4 Å². The third-order valence-corrected chi connectivity index (χ3v) is 21.8. The number of Topliss-reactive ketones (excluding diaryl/α,β-unsaturated/α-hetero) is 1. The molecule has 2 fully saturated rings. The van der Waals surface area contributed by atoms with Crippen LogP contribution < -0.4 is 97.4 Å². The number of hydrogen-bond donors (Lipinski definition) is 24. The number of aliphatic hydroxyl groups is 3. The Balaban J connectivity index is 1.38. The number of aromatic amines is 1. The molecule has 2 saturated heterocycles. The number of fused-ring (bicyclic) bond motifs is 2. The second-order valence-corrected chi connectivity index (χ2v) is 32.1. The number of benzene rings is 2. The van der Waals surface area contributed by atoms with E-state index in [-0.39, 0.29) is 115 Å². The van der Waals surface area contributed by atoms with Crippen molar-refractivity contribution in [2.24, 2.45) is 22.9 Å². The summed E-state index contributed by atoms with van der Waals surface area (Å²) >= 11 is 0. The number of primary amides is 2. The molecule has 0 bridgehead atoms. The van der Waals surface area contributed by atoms with Crippen molar-refractivity contribution in [2.75, 3.05) is 52.5 Å². The fourth-order valence-electron chi connectivity index (χ4n) is 14.7. The molecule has 694 valence electrons. The van der Waals surface area contributed by atoms with E-state index in [4.69, 9.17) is 33.8 Å². The third kappa shape index (κ3) is 39.6. The monoisotopic (exact) mass is 1750 g/mol. The van der Waals surface area contributed by atoms with Crippen molar-refractivity contribution in [3.63, 3.8) is 0 Å². The SMILES string of the molecule is CCCCCCCCCCCCCCCC(=O)NCC(=O)NC(CO)C(=O)N[C@@H](CCC(N)=O)C(=O)N[C@@H](CCCCNC(=N)N)C(=O)NC(CO)C(=O)N[C@@H](CCCC)C(=O)N[C@H]1CCC(=O)CNCCCC[C@@H](C(N)=O)NC(=O)[C@H](Cc2c[nH]c3ccccc23)NC(=O)[C@H](CCCNC(=N)N)NC(=O)[C@@H](Cc2ccccc2)NC(=O)[C@@H]2C[C@@H](O)CN2C1=O. The Labute approximate surface area is 729 Å². The standard InChI is InChI=1S/C85H136N22O18/c1-3-5-7-8-9-10-11-12-13-14-15-16-20-36-71(113)96-49-72(114)97-67(51-108)80(122)102-63(39-40-70(86)112)77(119)99-61(34-24-26-42-93-84(88)89)76(118)106-68(52-109)81(123)101-60(31-6-4-2)74(116)103-64-38-37-55(110)48-92-41-25-23-33-59(73(87)115)98-79(121)66(45-54-47-95-58-32-22-21-30-57(54)58)104-75(117)62(35-27-43-94-85(90)91)100-78(120)65(44-53-28-18-17-19-29-53)105-82(124)69-46-56(111)50-107(69)83(64)125/h17-19,21-22,28-30,32,47,56,59-69,92,95,108-109,111H,3-16,20,23-27,31,33-46,48-52H2,1-2H3,(H2,86,112)(H2,87,115)(H,96,113)(H,97,114)(H,98,121)(H,99,119)(H,100,120)(H,101,123)(H,102,122)(H,103,116)(H,104,117)(H,105,124)(H,106,118)(H4,88,89,93)(H4,90,91,94)/t56-,59+,60+,61+,62+,63+,64+,65-,66+,67?,68?,69+/m1/s1. The molecule has 14 amide bonds. The van der Waals surface area contributed by atoms with Gasteiger partial charge in [0.2, 0.25) is 82.7 Å². The first kappa shape index (κ1) is 104. The molecule has 2 aromatic carbocycles. The van der Waals surface area contributed by atoms with Crippen LogP contribution in [0.3, 0.4) is 0 Å². The zero-order valence-electron chi connectivity index (χ0n) is 72.2. The van der Waals surface area contributed by atoms with Crippen molar-refractivity contribution in [1.29, 1.82) is 10.8 Å². The number of unbranched alkanes of at least 4 members (excludes halogenated alkanes) is 14. The van der Waals surface area contributed by atoms with Crippen LogP contribution in [0.25, 0.3) is 10.9 Å². The predicted octanol–water partition coefficient (Wildman–Crippen LogP) is -1.67. The number of aliphatic hydroxyl groups excluding tert-OH is 3. The Kier molecular flexibility index (Phi) is 48.3. The van der Waals surface area contributed by atoms with Crippen LogP contribution in [-0.4, -0.2) is 251 Å². The number of nitrogens with one attached hydrogen (secondary N) is 17. The van der Waals surface area contributed by atoms with E-state index in [1.54, 1.807) is 55.6 Å². The first-order valence-corrected chi connectivity index (χ1v) is 44.0. The first-order chi connectivity index (χ1) is 59.9. The summed E-state index contributed by atoms with van der Waals surface area (Å²) in [5, 5.41) is 85.0. The summed E-state index contributed by atoms with van der Waals surface area (Å²) in [5.74, 6) is -14.3.